The van der Waals surface area contributed by atoms with Gasteiger partial charge in [0, 0.05) is 18.8 Å². The molecule has 0 bridgehead atoms. The highest BCUT2D eigenvalue weighted by Gasteiger charge is 2.18. The zero-order chi connectivity index (χ0) is 13.5. The standard InChI is InChI=1S/C16H26N2O/c1-3-19-16-6-4-15(5-7-16)18-12-9-14(10-13-18)8-11-17-2/h4-7,14,17H,3,8-13H2,1-2H3. The highest BCUT2D eigenvalue weighted by Crippen LogP contribution is 2.26. The SMILES string of the molecule is CCOc1ccc(N2CCC(CCNC)CC2)cc1. The van der Waals surface area contributed by atoms with Crippen LogP contribution < -0.4 is 15.0 Å². The summed E-state index contributed by atoms with van der Waals surface area (Å²) in [6.07, 6.45) is 3.94. The van der Waals surface area contributed by atoms with Gasteiger partial charge in [0.05, 0.1) is 6.61 Å². The van der Waals surface area contributed by atoms with E-state index in [4.69, 9.17) is 4.74 Å². The molecule has 1 saturated heterocycles. The Morgan fingerprint density at radius 2 is 1.89 bits per heavy atom. The maximum Gasteiger partial charge on any atom is 0.119 e. The molecule has 1 heterocycles. The molecule has 106 valence electrons. The number of benzene rings is 1. The summed E-state index contributed by atoms with van der Waals surface area (Å²) < 4.78 is 5.48. The molecule has 3 heteroatoms. The minimum absolute atomic E-state index is 0.732. The molecule has 0 saturated carbocycles. The topological polar surface area (TPSA) is 24.5 Å². The fraction of sp³-hybridized carbons (Fsp3) is 0.625. The van der Waals surface area contributed by atoms with Crippen LogP contribution in [0.1, 0.15) is 26.2 Å². The van der Waals surface area contributed by atoms with E-state index in [1.807, 2.05) is 14.0 Å². The first-order valence-electron chi connectivity index (χ1n) is 7.46. The number of piperidine rings is 1. The third-order valence-corrected chi connectivity index (χ3v) is 3.93. The molecule has 19 heavy (non-hydrogen) atoms. The Morgan fingerprint density at radius 1 is 1.21 bits per heavy atom. The molecule has 0 unspecified atom stereocenters. The number of anilines is 1. The number of hydrogen-bond acceptors (Lipinski definition) is 3. The van der Waals surface area contributed by atoms with Crippen molar-refractivity contribution in [1.82, 2.24) is 5.32 Å². The third-order valence-electron chi connectivity index (χ3n) is 3.93. The van der Waals surface area contributed by atoms with Gasteiger partial charge in [-0.05, 0) is 70.0 Å². The van der Waals surface area contributed by atoms with Crippen LogP contribution in [0.4, 0.5) is 5.69 Å². The largest absolute Gasteiger partial charge is 0.494 e. The van der Waals surface area contributed by atoms with Crippen molar-refractivity contribution in [3.05, 3.63) is 24.3 Å². The van der Waals surface area contributed by atoms with Crippen LogP contribution in [0.3, 0.4) is 0 Å². The van der Waals surface area contributed by atoms with E-state index < -0.39 is 0 Å². The fourth-order valence-electron chi connectivity index (χ4n) is 2.75. The van der Waals surface area contributed by atoms with Crippen LogP contribution in [0, 0.1) is 5.92 Å². The average Bonchev–Trinajstić information content (AvgIpc) is 2.47. The number of rotatable bonds is 6. The lowest BCUT2D eigenvalue weighted by molar-refractivity contribution is 0.340. The Balaban J connectivity index is 1.83. The van der Waals surface area contributed by atoms with Crippen molar-refractivity contribution in [1.29, 1.82) is 0 Å². The smallest absolute Gasteiger partial charge is 0.119 e. The third kappa shape index (κ3) is 4.13. The van der Waals surface area contributed by atoms with E-state index in [9.17, 15) is 0 Å². The Labute approximate surface area is 116 Å². The summed E-state index contributed by atoms with van der Waals surface area (Å²) in [7, 11) is 2.04. The van der Waals surface area contributed by atoms with Gasteiger partial charge in [0.1, 0.15) is 5.75 Å². The second-order valence-corrected chi connectivity index (χ2v) is 5.25. The molecule has 1 aromatic carbocycles. The molecule has 0 amide bonds. The molecular formula is C16H26N2O. The fourth-order valence-corrected chi connectivity index (χ4v) is 2.75. The van der Waals surface area contributed by atoms with Gasteiger partial charge >= 0.3 is 0 Å². The van der Waals surface area contributed by atoms with Crippen LogP contribution in [-0.4, -0.2) is 33.3 Å². The van der Waals surface area contributed by atoms with Crippen LogP contribution in [-0.2, 0) is 0 Å². The van der Waals surface area contributed by atoms with Gasteiger partial charge in [-0.3, -0.25) is 0 Å². The predicted octanol–water partition coefficient (Wildman–Crippen LogP) is 2.91. The van der Waals surface area contributed by atoms with Crippen molar-refractivity contribution in [3.8, 4) is 5.75 Å². The molecule has 0 spiro atoms. The molecule has 0 aromatic heterocycles. The quantitative estimate of drug-likeness (QED) is 0.853. The first-order valence-corrected chi connectivity index (χ1v) is 7.46. The zero-order valence-electron chi connectivity index (χ0n) is 12.2. The molecule has 3 nitrogen and oxygen atoms in total. The molecule has 1 fully saturated rings. The number of hydrogen-bond donors (Lipinski definition) is 1. The first-order chi connectivity index (χ1) is 9.33. The molecular weight excluding hydrogens is 236 g/mol. The van der Waals surface area contributed by atoms with E-state index in [-0.39, 0.29) is 0 Å². The van der Waals surface area contributed by atoms with Crippen molar-refractivity contribution in [3.63, 3.8) is 0 Å². The summed E-state index contributed by atoms with van der Waals surface area (Å²) in [6, 6.07) is 8.51. The Bertz CT molecular complexity index is 356. The molecule has 0 aliphatic carbocycles. The lowest BCUT2D eigenvalue weighted by Crippen LogP contribution is -2.34. The van der Waals surface area contributed by atoms with Crippen molar-refractivity contribution < 1.29 is 4.74 Å². The summed E-state index contributed by atoms with van der Waals surface area (Å²) in [5.74, 6) is 1.86. The second-order valence-electron chi connectivity index (χ2n) is 5.25. The molecule has 1 aromatic rings. The van der Waals surface area contributed by atoms with Gasteiger partial charge in [-0.1, -0.05) is 0 Å². The average molecular weight is 262 g/mol. The van der Waals surface area contributed by atoms with Crippen LogP contribution in [0.15, 0.2) is 24.3 Å². The molecule has 1 N–H and O–H groups in total. The lowest BCUT2D eigenvalue weighted by Gasteiger charge is -2.33. The molecule has 2 rings (SSSR count). The Morgan fingerprint density at radius 3 is 2.47 bits per heavy atom. The van der Waals surface area contributed by atoms with Crippen molar-refractivity contribution in [2.45, 2.75) is 26.2 Å². The first kappa shape index (κ1) is 14.2. The maximum atomic E-state index is 5.48. The van der Waals surface area contributed by atoms with Gasteiger partial charge in [-0.25, -0.2) is 0 Å². The normalized spacial score (nSPS) is 16.6. The summed E-state index contributed by atoms with van der Waals surface area (Å²) in [6.45, 7) is 6.26. The molecule has 1 aliphatic rings. The highest BCUT2D eigenvalue weighted by molar-refractivity contribution is 5.49. The van der Waals surface area contributed by atoms with Gasteiger partial charge in [-0.2, -0.15) is 0 Å². The second kappa shape index (κ2) is 7.39. The summed E-state index contributed by atoms with van der Waals surface area (Å²) >= 11 is 0. The van der Waals surface area contributed by atoms with Crippen LogP contribution in [0.2, 0.25) is 0 Å². The molecule has 0 atom stereocenters. The highest BCUT2D eigenvalue weighted by atomic mass is 16.5. The van der Waals surface area contributed by atoms with E-state index >= 15 is 0 Å². The van der Waals surface area contributed by atoms with Gasteiger partial charge in [-0.15, -0.1) is 0 Å². The van der Waals surface area contributed by atoms with Gasteiger partial charge in [0.25, 0.3) is 0 Å². The van der Waals surface area contributed by atoms with Crippen LogP contribution >= 0.6 is 0 Å². The van der Waals surface area contributed by atoms with E-state index in [0.717, 1.165) is 24.8 Å². The summed E-state index contributed by atoms with van der Waals surface area (Å²) in [5.41, 5.74) is 1.33. The van der Waals surface area contributed by atoms with Crippen molar-refractivity contribution in [2.24, 2.45) is 5.92 Å². The minimum Gasteiger partial charge on any atom is -0.494 e. The Hall–Kier alpha value is -1.22. The minimum atomic E-state index is 0.732. The van der Waals surface area contributed by atoms with Crippen molar-refractivity contribution >= 4 is 5.69 Å². The zero-order valence-corrected chi connectivity index (χ0v) is 12.2. The summed E-state index contributed by atoms with van der Waals surface area (Å²) in [5, 5.41) is 3.25. The van der Waals surface area contributed by atoms with Crippen LogP contribution in [0.25, 0.3) is 0 Å². The summed E-state index contributed by atoms with van der Waals surface area (Å²) in [4.78, 5) is 2.49. The van der Waals surface area contributed by atoms with E-state index in [1.54, 1.807) is 0 Å². The van der Waals surface area contributed by atoms with Gasteiger partial charge in [0.2, 0.25) is 0 Å². The van der Waals surface area contributed by atoms with E-state index in [2.05, 4.69) is 34.5 Å². The lowest BCUT2D eigenvalue weighted by atomic mass is 9.93. The molecule has 1 aliphatic heterocycles. The molecule has 0 radical (unpaired) electrons. The Kier molecular flexibility index (Phi) is 5.52. The number of nitrogens with zero attached hydrogens (tertiary/aromatic N) is 1. The maximum absolute atomic E-state index is 5.48. The predicted molar refractivity (Wildman–Crippen MR) is 81.1 cm³/mol. The number of nitrogens with one attached hydrogen (secondary N) is 1. The van der Waals surface area contributed by atoms with Gasteiger partial charge in [0.15, 0.2) is 0 Å². The van der Waals surface area contributed by atoms with E-state index in [1.165, 1.54) is 38.0 Å². The van der Waals surface area contributed by atoms with E-state index in [0.29, 0.717) is 0 Å². The van der Waals surface area contributed by atoms with Crippen molar-refractivity contribution in [2.75, 3.05) is 38.2 Å². The number of ether oxygens (including phenoxy) is 1. The monoisotopic (exact) mass is 262 g/mol. The van der Waals surface area contributed by atoms with Gasteiger partial charge < -0.3 is 15.0 Å². The van der Waals surface area contributed by atoms with Crippen LogP contribution in [0.5, 0.6) is 5.75 Å².